The molecule has 7 heteroatoms. The molecule has 1 unspecified atom stereocenters. The standard InChI is InChI=1S/C31H26N2O5/c1-20-6-2-3-8-24(20)19-38-26-13-11-22(12-14-26)29(35)27-28(23-9-4-10-25(34)16-23)33(31(37)30(27)36)18-21-7-5-15-32-17-21/h2-17,28,34-35H,18-19H2,1H3. The molecule has 0 spiro atoms. The second-order valence-electron chi connectivity index (χ2n) is 9.12. The van der Waals surface area contributed by atoms with Gasteiger partial charge in [-0.05, 0) is 71.6 Å². The highest BCUT2D eigenvalue weighted by molar-refractivity contribution is 6.46. The highest BCUT2D eigenvalue weighted by Crippen LogP contribution is 2.41. The number of carbonyl (C=O) groups is 2. The van der Waals surface area contributed by atoms with Crippen molar-refractivity contribution in [2.75, 3.05) is 0 Å². The van der Waals surface area contributed by atoms with Crippen molar-refractivity contribution in [1.29, 1.82) is 0 Å². The molecule has 1 aliphatic rings. The first-order chi connectivity index (χ1) is 18.4. The lowest BCUT2D eigenvalue weighted by Gasteiger charge is -2.25. The number of likely N-dealkylation sites (tertiary alicyclic amines) is 1. The van der Waals surface area contributed by atoms with E-state index in [0.717, 1.165) is 16.7 Å². The average Bonchev–Trinajstić information content (AvgIpc) is 3.18. The number of ether oxygens (including phenoxy) is 1. The van der Waals surface area contributed by atoms with Crippen molar-refractivity contribution in [3.8, 4) is 11.5 Å². The highest BCUT2D eigenvalue weighted by atomic mass is 16.5. The van der Waals surface area contributed by atoms with Crippen LogP contribution >= 0.6 is 0 Å². The van der Waals surface area contributed by atoms with Crippen molar-refractivity contribution in [2.24, 2.45) is 0 Å². The van der Waals surface area contributed by atoms with E-state index in [4.69, 9.17) is 4.74 Å². The summed E-state index contributed by atoms with van der Waals surface area (Å²) in [5.41, 5.74) is 3.77. The van der Waals surface area contributed by atoms with E-state index in [1.165, 1.54) is 17.0 Å². The normalized spacial score (nSPS) is 16.6. The first kappa shape index (κ1) is 24.8. The Labute approximate surface area is 220 Å². The van der Waals surface area contributed by atoms with Gasteiger partial charge >= 0.3 is 0 Å². The Kier molecular flexibility index (Phi) is 6.91. The van der Waals surface area contributed by atoms with Crippen LogP contribution in [0.15, 0.2) is 103 Å². The molecule has 1 saturated heterocycles. The van der Waals surface area contributed by atoms with Gasteiger partial charge in [-0.2, -0.15) is 0 Å². The smallest absolute Gasteiger partial charge is 0.295 e. The van der Waals surface area contributed by atoms with Gasteiger partial charge in [-0.3, -0.25) is 14.6 Å². The third-order valence-corrected chi connectivity index (χ3v) is 6.58. The fourth-order valence-electron chi connectivity index (χ4n) is 4.57. The van der Waals surface area contributed by atoms with Crippen molar-refractivity contribution >= 4 is 17.4 Å². The number of aryl methyl sites for hydroxylation is 1. The number of carbonyl (C=O) groups excluding carboxylic acids is 2. The van der Waals surface area contributed by atoms with Gasteiger partial charge in [0.05, 0.1) is 11.6 Å². The Balaban J connectivity index is 1.48. The average molecular weight is 507 g/mol. The summed E-state index contributed by atoms with van der Waals surface area (Å²) in [6.45, 7) is 2.53. The van der Waals surface area contributed by atoms with Crippen molar-refractivity contribution in [3.63, 3.8) is 0 Å². The van der Waals surface area contributed by atoms with Crippen molar-refractivity contribution in [2.45, 2.75) is 26.1 Å². The molecule has 4 aromatic rings. The molecule has 1 aromatic heterocycles. The Morgan fingerprint density at radius 1 is 0.974 bits per heavy atom. The molecule has 0 radical (unpaired) electrons. The summed E-state index contributed by atoms with van der Waals surface area (Å²) >= 11 is 0. The molecule has 1 aliphatic heterocycles. The number of aromatic hydroxyl groups is 1. The van der Waals surface area contributed by atoms with Crippen LogP contribution in [0.4, 0.5) is 0 Å². The molecule has 2 heterocycles. The first-order valence-electron chi connectivity index (χ1n) is 12.2. The molecule has 0 saturated carbocycles. The Hall–Kier alpha value is -4.91. The fraction of sp³-hybridized carbons (Fsp3) is 0.129. The molecule has 1 atom stereocenters. The number of phenolic OH excluding ortho intramolecular Hbond substituents is 1. The monoisotopic (exact) mass is 506 g/mol. The Morgan fingerprint density at radius 3 is 2.47 bits per heavy atom. The predicted octanol–water partition coefficient (Wildman–Crippen LogP) is 5.30. The summed E-state index contributed by atoms with van der Waals surface area (Å²) in [6, 6.07) is 23.7. The molecule has 190 valence electrons. The maximum atomic E-state index is 13.2. The number of nitrogens with zero attached hydrogens (tertiary/aromatic N) is 2. The van der Waals surface area contributed by atoms with E-state index in [2.05, 4.69) is 4.98 Å². The number of aliphatic hydroxyl groups is 1. The summed E-state index contributed by atoms with van der Waals surface area (Å²) in [5, 5.41) is 21.4. The molecular formula is C31H26N2O5. The molecule has 1 fully saturated rings. The summed E-state index contributed by atoms with van der Waals surface area (Å²) < 4.78 is 5.90. The number of Topliss-reactive ketones (excluding diaryl/α,β-unsaturated/α-hetero) is 1. The molecule has 0 aliphatic carbocycles. The van der Waals surface area contributed by atoms with Crippen LogP contribution in [0.5, 0.6) is 11.5 Å². The van der Waals surface area contributed by atoms with Gasteiger partial charge in [-0.25, -0.2) is 0 Å². The molecule has 2 N–H and O–H groups in total. The fourth-order valence-corrected chi connectivity index (χ4v) is 4.57. The summed E-state index contributed by atoms with van der Waals surface area (Å²) in [6.07, 6.45) is 3.24. The van der Waals surface area contributed by atoms with Gasteiger partial charge in [0.1, 0.15) is 23.9 Å². The minimum atomic E-state index is -0.890. The number of hydrogen-bond acceptors (Lipinski definition) is 6. The number of ketones is 1. The number of pyridine rings is 1. The van der Waals surface area contributed by atoms with Crippen LogP contribution in [0, 0.1) is 6.92 Å². The van der Waals surface area contributed by atoms with Gasteiger partial charge in [-0.1, -0.05) is 42.5 Å². The number of hydrogen-bond donors (Lipinski definition) is 2. The minimum absolute atomic E-state index is 0.00961. The van der Waals surface area contributed by atoms with Crippen LogP contribution in [-0.2, 0) is 22.7 Å². The molecule has 38 heavy (non-hydrogen) atoms. The molecular weight excluding hydrogens is 480 g/mol. The molecule has 1 amide bonds. The topological polar surface area (TPSA) is 100.0 Å². The summed E-state index contributed by atoms with van der Waals surface area (Å²) in [7, 11) is 0. The van der Waals surface area contributed by atoms with Gasteiger partial charge < -0.3 is 19.8 Å². The Bertz CT molecular complexity index is 1510. The zero-order valence-electron chi connectivity index (χ0n) is 20.7. The van der Waals surface area contributed by atoms with Crippen LogP contribution < -0.4 is 4.74 Å². The lowest BCUT2D eigenvalue weighted by molar-refractivity contribution is -0.140. The van der Waals surface area contributed by atoms with Crippen LogP contribution in [0.2, 0.25) is 0 Å². The van der Waals surface area contributed by atoms with Crippen LogP contribution in [0.3, 0.4) is 0 Å². The van der Waals surface area contributed by atoms with E-state index in [0.29, 0.717) is 23.5 Å². The van der Waals surface area contributed by atoms with Gasteiger partial charge in [-0.15, -0.1) is 0 Å². The Morgan fingerprint density at radius 2 is 1.76 bits per heavy atom. The second-order valence-corrected chi connectivity index (χ2v) is 9.12. The van der Waals surface area contributed by atoms with E-state index < -0.39 is 17.7 Å². The number of rotatable bonds is 7. The maximum Gasteiger partial charge on any atom is 0.295 e. The van der Waals surface area contributed by atoms with E-state index in [9.17, 15) is 19.8 Å². The lowest BCUT2D eigenvalue weighted by Crippen LogP contribution is -2.29. The number of aromatic nitrogens is 1. The molecule has 5 rings (SSSR count). The minimum Gasteiger partial charge on any atom is -0.508 e. The van der Waals surface area contributed by atoms with E-state index >= 15 is 0 Å². The third kappa shape index (κ3) is 4.99. The number of amides is 1. The number of phenols is 1. The van der Waals surface area contributed by atoms with E-state index in [-0.39, 0.29) is 23.6 Å². The van der Waals surface area contributed by atoms with Gasteiger partial charge in [0, 0.05) is 24.5 Å². The lowest BCUT2D eigenvalue weighted by atomic mass is 9.95. The highest BCUT2D eigenvalue weighted by Gasteiger charge is 2.46. The van der Waals surface area contributed by atoms with Gasteiger partial charge in [0.25, 0.3) is 11.7 Å². The predicted molar refractivity (Wildman–Crippen MR) is 142 cm³/mol. The third-order valence-electron chi connectivity index (χ3n) is 6.58. The zero-order chi connectivity index (χ0) is 26.6. The quantitative estimate of drug-likeness (QED) is 0.201. The van der Waals surface area contributed by atoms with E-state index in [1.807, 2.05) is 37.3 Å². The number of benzene rings is 3. The van der Waals surface area contributed by atoms with Crippen LogP contribution in [-0.4, -0.2) is 31.8 Å². The maximum absolute atomic E-state index is 13.2. The van der Waals surface area contributed by atoms with Crippen molar-refractivity contribution in [3.05, 3.63) is 131 Å². The molecule has 3 aromatic carbocycles. The summed E-state index contributed by atoms with van der Waals surface area (Å²) in [5.74, 6) is -1.23. The van der Waals surface area contributed by atoms with E-state index in [1.54, 1.807) is 54.9 Å². The van der Waals surface area contributed by atoms with Crippen molar-refractivity contribution in [1.82, 2.24) is 9.88 Å². The second kappa shape index (κ2) is 10.6. The molecule has 7 nitrogen and oxygen atoms in total. The van der Waals surface area contributed by atoms with Crippen LogP contribution in [0.25, 0.3) is 5.76 Å². The summed E-state index contributed by atoms with van der Waals surface area (Å²) in [4.78, 5) is 31.9. The SMILES string of the molecule is Cc1ccccc1COc1ccc(C(O)=C2C(=O)C(=O)N(Cc3cccnc3)C2c2cccc(O)c2)cc1. The zero-order valence-corrected chi connectivity index (χ0v) is 20.7. The largest absolute Gasteiger partial charge is 0.508 e. The van der Waals surface area contributed by atoms with Crippen molar-refractivity contribution < 1.29 is 24.5 Å². The number of aliphatic hydroxyl groups excluding tert-OH is 1. The van der Waals surface area contributed by atoms with Crippen LogP contribution in [0.1, 0.15) is 33.9 Å². The van der Waals surface area contributed by atoms with Gasteiger partial charge in [0.15, 0.2) is 0 Å². The molecule has 0 bridgehead atoms. The van der Waals surface area contributed by atoms with Gasteiger partial charge in [0.2, 0.25) is 0 Å². The first-order valence-corrected chi connectivity index (χ1v) is 12.2.